The molecule has 1 heteroatoms. The Kier molecular flexibility index (Phi) is 5.45. The first-order chi connectivity index (χ1) is 6.95. The van der Waals surface area contributed by atoms with Crippen LogP contribution in [0.4, 0.5) is 0 Å². The first-order valence-electron chi connectivity index (χ1n) is 5.36. The number of rotatable bonds is 5. The fourth-order valence-electron chi connectivity index (χ4n) is 1.82. The van der Waals surface area contributed by atoms with Crippen molar-refractivity contribution in [1.29, 1.82) is 0 Å². The minimum atomic E-state index is 0. The second kappa shape index (κ2) is 6.66. The number of hydrogen-bond acceptors (Lipinski definition) is 0. The van der Waals surface area contributed by atoms with Crippen LogP contribution in [0.25, 0.3) is 0 Å². The van der Waals surface area contributed by atoms with Crippen LogP contribution in [0.5, 0.6) is 0 Å². The van der Waals surface area contributed by atoms with E-state index in [0.29, 0.717) is 0 Å². The molecule has 0 amide bonds. The van der Waals surface area contributed by atoms with Crippen molar-refractivity contribution in [3.8, 4) is 0 Å². The van der Waals surface area contributed by atoms with Gasteiger partial charge in [0, 0.05) is 17.1 Å². The van der Waals surface area contributed by atoms with Gasteiger partial charge in [0.25, 0.3) is 0 Å². The van der Waals surface area contributed by atoms with Crippen LogP contribution in [-0.2, 0) is 29.9 Å². The third kappa shape index (κ3) is 4.07. The van der Waals surface area contributed by atoms with Gasteiger partial charge < -0.3 is 29.8 Å². The summed E-state index contributed by atoms with van der Waals surface area (Å²) in [6.07, 6.45) is 5.06. The Morgan fingerprint density at radius 1 is 0.867 bits per heavy atom. The monoisotopic (exact) mass is 240 g/mol. The van der Waals surface area contributed by atoms with Crippen LogP contribution in [0.1, 0.15) is 24.0 Å². The molecule has 0 aliphatic carbocycles. The topological polar surface area (TPSA) is 0 Å². The summed E-state index contributed by atoms with van der Waals surface area (Å²) in [7, 11) is 0. The molecule has 0 nitrogen and oxygen atoms in total. The van der Waals surface area contributed by atoms with E-state index < -0.39 is 0 Å². The molecule has 2 aromatic rings. The predicted octanol–water partition coefficient (Wildman–Crippen LogP) is 3.69. The Morgan fingerprint density at radius 3 is 2.13 bits per heavy atom. The van der Waals surface area contributed by atoms with Gasteiger partial charge >= 0.3 is 0 Å². The van der Waals surface area contributed by atoms with E-state index in [9.17, 15) is 0 Å². The van der Waals surface area contributed by atoms with Gasteiger partial charge in [0.2, 0.25) is 0 Å². The summed E-state index contributed by atoms with van der Waals surface area (Å²) in [4.78, 5) is 0. The second-order valence-corrected chi connectivity index (χ2v) is 3.79. The van der Waals surface area contributed by atoms with Crippen molar-refractivity contribution in [3.63, 3.8) is 0 Å². The van der Waals surface area contributed by atoms with Gasteiger partial charge in [-0.3, -0.25) is 0 Å². The Labute approximate surface area is 103 Å². The van der Waals surface area contributed by atoms with Crippen molar-refractivity contribution >= 4 is 0 Å². The van der Waals surface area contributed by atoms with Crippen molar-refractivity contribution in [3.05, 3.63) is 59.7 Å². The van der Waals surface area contributed by atoms with Gasteiger partial charge in [0.15, 0.2) is 0 Å². The average molecular weight is 240 g/mol. The third-order valence-electron chi connectivity index (χ3n) is 2.64. The molecule has 0 aromatic heterocycles. The van der Waals surface area contributed by atoms with Crippen molar-refractivity contribution in [2.75, 3.05) is 0 Å². The molecule has 0 fully saturated rings. The summed E-state index contributed by atoms with van der Waals surface area (Å²) < 4.78 is 0. The van der Waals surface area contributed by atoms with Gasteiger partial charge in [-0.25, -0.2) is 18.6 Å². The molecule has 0 saturated heterocycles. The number of hydrogen-bond donors (Lipinski definition) is 0. The summed E-state index contributed by atoms with van der Waals surface area (Å²) in [5.41, 5.74) is 2.96. The van der Waals surface area contributed by atoms with Gasteiger partial charge in [0.05, 0.1) is 0 Å². The van der Waals surface area contributed by atoms with E-state index in [1.54, 1.807) is 0 Å². The largest absolute Gasteiger partial charge is 0.748 e. The third-order valence-corrected chi connectivity index (χ3v) is 2.64. The van der Waals surface area contributed by atoms with E-state index in [4.69, 9.17) is 0 Å². The van der Waals surface area contributed by atoms with Gasteiger partial charge in [-0.1, -0.05) is 19.3 Å². The zero-order chi connectivity index (χ0) is 9.64. The zero-order valence-corrected chi connectivity index (χ0v) is 9.90. The van der Waals surface area contributed by atoms with Crippen LogP contribution in [0.3, 0.4) is 0 Å². The first kappa shape index (κ1) is 12.3. The van der Waals surface area contributed by atoms with E-state index >= 15 is 0 Å². The molecule has 0 unspecified atom stereocenters. The predicted molar refractivity (Wildman–Crippen MR) is 60.7 cm³/mol. The van der Waals surface area contributed by atoms with Crippen molar-refractivity contribution in [2.45, 2.75) is 25.7 Å². The van der Waals surface area contributed by atoms with Crippen molar-refractivity contribution in [2.24, 2.45) is 0 Å². The van der Waals surface area contributed by atoms with E-state index in [-0.39, 0.29) is 17.1 Å². The molecule has 0 radical (unpaired) electrons. The fraction of sp³-hybridized carbons (Fsp3) is 0.286. The molecule has 0 bridgehead atoms. The zero-order valence-electron chi connectivity index (χ0n) is 8.80. The summed E-state index contributed by atoms with van der Waals surface area (Å²) in [6, 6.07) is 17.3. The quantitative estimate of drug-likeness (QED) is 0.424. The van der Waals surface area contributed by atoms with E-state index in [1.165, 1.54) is 36.8 Å². The molecule has 0 saturated carbocycles. The maximum atomic E-state index is 2.21. The molecule has 86 valence electrons. The Balaban J connectivity index is 0.00000112. The first-order valence-corrected chi connectivity index (χ1v) is 5.36. The smallest absolute Gasteiger partial charge is 0 e. The molecule has 0 spiro atoms. The van der Waals surface area contributed by atoms with E-state index in [2.05, 4.69) is 48.5 Å². The summed E-state index contributed by atoms with van der Waals surface area (Å²) >= 11 is 0. The average Bonchev–Trinajstić information content (AvgIpc) is 2.86. The molecule has 15 heavy (non-hydrogen) atoms. The summed E-state index contributed by atoms with van der Waals surface area (Å²) in [5, 5.41) is 0. The van der Waals surface area contributed by atoms with Crippen LogP contribution in [0.2, 0.25) is 0 Å². The summed E-state index contributed by atoms with van der Waals surface area (Å²) in [6.45, 7) is 0. The molecule has 0 aliphatic rings. The second-order valence-electron chi connectivity index (χ2n) is 3.79. The van der Waals surface area contributed by atoms with Gasteiger partial charge in [-0.15, -0.1) is 0 Å². The molecular weight excluding hydrogens is 224 g/mol. The molecule has 0 aliphatic heterocycles. The number of unbranched alkanes of at least 4 members (excludes halogenated alkanes) is 1. The molecule has 0 N–H and O–H groups in total. The van der Waals surface area contributed by atoms with Crippen molar-refractivity contribution in [1.82, 2.24) is 0 Å². The van der Waals surface area contributed by atoms with Crippen LogP contribution in [-0.4, -0.2) is 0 Å². The fourth-order valence-corrected chi connectivity index (χ4v) is 1.82. The molecule has 0 atom stereocenters. The Morgan fingerprint density at radius 2 is 1.47 bits per heavy atom. The maximum absolute atomic E-state index is 2.21. The normalized spacial score (nSPS) is 9.87. The Hall–Kier alpha value is -0.781. The van der Waals surface area contributed by atoms with E-state index in [1.807, 2.05) is 0 Å². The van der Waals surface area contributed by atoms with Crippen molar-refractivity contribution < 1.29 is 17.1 Å². The van der Waals surface area contributed by atoms with Crippen LogP contribution < -0.4 is 0 Å². The standard InChI is InChI=1S/C14H16.Fe/c1-2-8-13(7-1)11-5-6-12-14-9-3-4-10-14;/h1-4,7-10H,5-6,11-12H2;/q-6;. The van der Waals surface area contributed by atoms with Crippen LogP contribution >= 0.6 is 0 Å². The SMILES string of the molecule is [Fe].c1cc[c-](CCCC[c-]2[cH-][cH-][cH-][cH-]2)c1. The molecular formula is C14H16Fe-6. The minimum Gasteiger partial charge on any atom is -0.748 e. The Bertz CT molecular complexity index is 293. The molecule has 0 heterocycles. The molecule has 2 rings (SSSR count). The minimum absolute atomic E-state index is 0. The summed E-state index contributed by atoms with van der Waals surface area (Å²) in [5.74, 6) is 0. The van der Waals surface area contributed by atoms with E-state index in [0.717, 1.165) is 0 Å². The number of aryl methyl sites for hydroxylation is 2. The van der Waals surface area contributed by atoms with Gasteiger partial charge in [-0.05, 0) is 0 Å². The molecule has 2 aromatic carbocycles. The van der Waals surface area contributed by atoms with Crippen LogP contribution in [0, 0.1) is 0 Å². The van der Waals surface area contributed by atoms with Gasteiger partial charge in [0.1, 0.15) is 0 Å². The maximum Gasteiger partial charge on any atom is 0 e. The van der Waals surface area contributed by atoms with Crippen LogP contribution in [0.15, 0.2) is 48.5 Å². The van der Waals surface area contributed by atoms with Gasteiger partial charge in [-0.2, -0.15) is 17.7 Å².